The van der Waals surface area contributed by atoms with Crippen LogP contribution in [0.4, 0.5) is 10.2 Å². The molecule has 7 nitrogen and oxygen atoms in total. The fraction of sp³-hybridized carbons (Fsp3) is 0.304. The number of anilines is 1. The van der Waals surface area contributed by atoms with Crippen LogP contribution in [-0.4, -0.2) is 31.8 Å². The SMILES string of the molecule is CCc1[nH]c2ncc3nc2c1C(C)c1cc(F)ccc1CN(C)c1nn(C)c(C#N)c1-3. The summed E-state index contributed by atoms with van der Waals surface area (Å²) in [5.74, 6) is 0.294. The van der Waals surface area contributed by atoms with E-state index in [9.17, 15) is 9.65 Å². The fourth-order valence-corrected chi connectivity index (χ4v) is 4.63. The highest BCUT2D eigenvalue weighted by Crippen LogP contribution is 2.39. The van der Waals surface area contributed by atoms with E-state index in [-0.39, 0.29) is 11.7 Å². The zero-order chi connectivity index (χ0) is 21.9. The van der Waals surface area contributed by atoms with E-state index >= 15 is 0 Å². The van der Waals surface area contributed by atoms with Crippen LogP contribution in [0.5, 0.6) is 0 Å². The zero-order valence-electron chi connectivity index (χ0n) is 17.9. The molecule has 0 amide bonds. The number of aryl methyl sites for hydroxylation is 2. The minimum atomic E-state index is -0.266. The maximum absolute atomic E-state index is 14.3. The molecule has 0 saturated carbocycles. The molecular weight excluding hydrogens is 393 g/mol. The van der Waals surface area contributed by atoms with Gasteiger partial charge >= 0.3 is 0 Å². The number of aromatic nitrogens is 5. The summed E-state index contributed by atoms with van der Waals surface area (Å²) < 4.78 is 15.9. The lowest BCUT2D eigenvalue weighted by Crippen LogP contribution is -2.19. The maximum Gasteiger partial charge on any atom is 0.161 e. The molecule has 5 rings (SSSR count). The second-order valence-electron chi connectivity index (χ2n) is 8.03. The summed E-state index contributed by atoms with van der Waals surface area (Å²) in [5.41, 5.74) is 7.10. The lowest BCUT2D eigenvalue weighted by atomic mass is 9.88. The largest absolute Gasteiger partial charge is 0.353 e. The van der Waals surface area contributed by atoms with E-state index in [0.717, 1.165) is 34.3 Å². The molecule has 1 atom stereocenters. The number of nitrogens with zero attached hydrogens (tertiary/aromatic N) is 6. The number of hydrogen-bond donors (Lipinski definition) is 1. The Balaban J connectivity index is 1.91. The number of H-pyrrole nitrogens is 1. The Morgan fingerprint density at radius 2 is 2.13 bits per heavy atom. The summed E-state index contributed by atoms with van der Waals surface area (Å²) in [4.78, 5) is 14.9. The highest BCUT2D eigenvalue weighted by atomic mass is 19.1. The second-order valence-corrected chi connectivity index (χ2v) is 8.03. The van der Waals surface area contributed by atoms with E-state index in [1.54, 1.807) is 24.0 Å². The van der Waals surface area contributed by atoms with Crippen LogP contribution < -0.4 is 4.90 Å². The summed E-state index contributed by atoms with van der Waals surface area (Å²) in [6.07, 6.45) is 2.46. The van der Waals surface area contributed by atoms with Gasteiger partial charge in [0, 0.05) is 37.8 Å². The van der Waals surface area contributed by atoms with E-state index in [1.165, 1.54) is 6.07 Å². The van der Waals surface area contributed by atoms with Crippen molar-refractivity contribution in [2.24, 2.45) is 7.05 Å². The number of halogens is 1. The molecule has 1 N–H and O–H groups in total. The van der Waals surface area contributed by atoms with Crippen LogP contribution >= 0.6 is 0 Å². The van der Waals surface area contributed by atoms with Crippen LogP contribution in [0.3, 0.4) is 0 Å². The van der Waals surface area contributed by atoms with E-state index in [1.807, 2.05) is 18.0 Å². The van der Waals surface area contributed by atoms with Crippen LogP contribution in [0.25, 0.3) is 22.4 Å². The minimum absolute atomic E-state index is 0.0840. The molecule has 1 aliphatic rings. The van der Waals surface area contributed by atoms with Gasteiger partial charge in [0.25, 0.3) is 0 Å². The van der Waals surface area contributed by atoms with Gasteiger partial charge in [-0.2, -0.15) is 10.4 Å². The van der Waals surface area contributed by atoms with Crippen molar-refractivity contribution >= 4 is 17.0 Å². The molecule has 0 radical (unpaired) electrons. The van der Waals surface area contributed by atoms with Crippen LogP contribution in [0, 0.1) is 17.1 Å². The van der Waals surface area contributed by atoms with E-state index < -0.39 is 0 Å². The number of hydrogen-bond acceptors (Lipinski definition) is 5. The molecular formula is C23H22FN7. The number of nitrogens with one attached hydrogen (secondary N) is 1. The van der Waals surface area contributed by atoms with Gasteiger partial charge in [-0.1, -0.05) is 19.9 Å². The van der Waals surface area contributed by atoms with Gasteiger partial charge in [-0.25, -0.2) is 14.4 Å². The molecule has 4 heterocycles. The lowest BCUT2D eigenvalue weighted by molar-refractivity contribution is 0.622. The summed E-state index contributed by atoms with van der Waals surface area (Å²) in [6, 6.07) is 7.20. The molecule has 0 fully saturated rings. The Bertz CT molecular complexity index is 1380. The molecule has 2 bridgehead atoms. The number of rotatable bonds is 1. The summed E-state index contributed by atoms with van der Waals surface area (Å²) in [7, 11) is 3.67. The molecule has 4 aromatic rings. The molecule has 8 heteroatoms. The van der Waals surface area contributed by atoms with Crippen molar-refractivity contribution < 1.29 is 4.39 Å². The average Bonchev–Trinajstić information content (AvgIpc) is 3.30. The third kappa shape index (κ3) is 2.81. The number of aromatic amines is 1. The molecule has 1 aromatic carbocycles. The molecule has 0 spiro atoms. The van der Waals surface area contributed by atoms with Gasteiger partial charge < -0.3 is 9.88 Å². The zero-order valence-corrected chi connectivity index (χ0v) is 17.9. The van der Waals surface area contributed by atoms with Crippen LogP contribution in [0.1, 0.15) is 47.8 Å². The van der Waals surface area contributed by atoms with Crippen molar-refractivity contribution in [1.82, 2.24) is 24.7 Å². The molecule has 31 heavy (non-hydrogen) atoms. The van der Waals surface area contributed by atoms with Crippen molar-refractivity contribution in [2.45, 2.75) is 32.7 Å². The first-order chi connectivity index (χ1) is 14.9. The van der Waals surface area contributed by atoms with Crippen molar-refractivity contribution in [3.63, 3.8) is 0 Å². The summed E-state index contributed by atoms with van der Waals surface area (Å²) in [6.45, 7) is 4.68. The second kappa shape index (κ2) is 6.91. The quantitative estimate of drug-likeness (QED) is 0.507. The number of fused-ring (bicyclic) bond motifs is 4. The smallest absolute Gasteiger partial charge is 0.161 e. The van der Waals surface area contributed by atoms with Gasteiger partial charge in [0.2, 0.25) is 0 Å². The van der Waals surface area contributed by atoms with Gasteiger partial charge in [0.1, 0.15) is 23.1 Å². The predicted octanol–water partition coefficient (Wildman–Crippen LogP) is 4.03. The average molecular weight is 415 g/mol. The third-order valence-electron chi connectivity index (χ3n) is 6.14. The first kappa shape index (κ1) is 19.2. The van der Waals surface area contributed by atoms with Crippen LogP contribution in [0.15, 0.2) is 24.4 Å². The van der Waals surface area contributed by atoms with Crippen molar-refractivity contribution in [2.75, 3.05) is 11.9 Å². The Morgan fingerprint density at radius 1 is 1.32 bits per heavy atom. The van der Waals surface area contributed by atoms with Gasteiger partial charge in [0.15, 0.2) is 11.5 Å². The van der Waals surface area contributed by atoms with E-state index in [0.29, 0.717) is 35.0 Å². The molecule has 1 unspecified atom stereocenters. The Hall–Kier alpha value is -3.73. The summed E-state index contributed by atoms with van der Waals surface area (Å²) >= 11 is 0. The highest BCUT2D eigenvalue weighted by molar-refractivity contribution is 5.85. The lowest BCUT2D eigenvalue weighted by Gasteiger charge is -2.22. The Labute approximate surface area is 179 Å². The van der Waals surface area contributed by atoms with Crippen LogP contribution in [-0.2, 0) is 20.0 Å². The Morgan fingerprint density at radius 3 is 2.87 bits per heavy atom. The van der Waals surface area contributed by atoms with Gasteiger partial charge in [-0.15, -0.1) is 0 Å². The van der Waals surface area contributed by atoms with Crippen LogP contribution in [0.2, 0.25) is 0 Å². The molecule has 1 aliphatic heterocycles. The first-order valence-electron chi connectivity index (χ1n) is 10.3. The van der Waals surface area contributed by atoms with Crippen molar-refractivity contribution in [1.29, 1.82) is 5.26 Å². The fourth-order valence-electron chi connectivity index (χ4n) is 4.63. The maximum atomic E-state index is 14.3. The van der Waals surface area contributed by atoms with Gasteiger partial charge in [-0.05, 0) is 29.7 Å². The Kier molecular flexibility index (Phi) is 4.29. The van der Waals surface area contributed by atoms with Crippen molar-refractivity contribution in [3.05, 3.63) is 58.3 Å². The molecule has 3 aromatic heterocycles. The summed E-state index contributed by atoms with van der Waals surface area (Å²) in [5, 5.41) is 14.4. The first-order valence-corrected chi connectivity index (χ1v) is 10.3. The molecule has 0 saturated heterocycles. The van der Waals surface area contributed by atoms with Gasteiger partial charge in [-0.3, -0.25) is 4.68 Å². The van der Waals surface area contributed by atoms with Crippen molar-refractivity contribution in [3.8, 4) is 17.3 Å². The number of benzene rings is 1. The third-order valence-corrected chi connectivity index (χ3v) is 6.14. The van der Waals surface area contributed by atoms with E-state index in [4.69, 9.17) is 4.98 Å². The topological polar surface area (TPSA) is 86.4 Å². The minimum Gasteiger partial charge on any atom is -0.353 e. The highest BCUT2D eigenvalue weighted by Gasteiger charge is 2.28. The standard InChI is InChI=1S/C23H22FN7/c1-5-16-19-12(2)15-8-14(24)7-6-13(15)11-30(3)23-20(18(9-25)31(4)29-23)17-10-26-22(28-16)21(19)27-17/h6-8,10,12H,5,11H2,1-4H3,(H,26,28). The normalized spacial score (nSPS) is 15.5. The predicted molar refractivity (Wildman–Crippen MR) is 116 cm³/mol. The molecule has 156 valence electrons. The van der Waals surface area contributed by atoms with Gasteiger partial charge in [0.05, 0.1) is 17.5 Å². The molecule has 0 aliphatic carbocycles. The van der Waals surface area contributed by atoms with E-state index in [2.05, 4.69) is 35.0 Å². The monoisotopic (exact) mass is 415 g/mol. The number of nitriles is 1.